The van der Waals surface area contributed by atoms with Crippen molar-refractivity contribution in [3.63, 3.8) is 0 Å². The summed E-state index contributed by atoms with van der Waals surface area (Å²) in [5.41, 5.74) is 2.15. The number of aliphatic hydroxyl groups excluding tert-OH is 1. The van der Waals surface area contributed by atoms with Gasteiger partial charge in [0.05, 0.1) is 12.3 Å². The van der Waals surface area contributed by atoms with Crippen molar-refractivity contribution < 1.29 is 14.3 Å². The van der Waals surface area contributed by atoms with Crippen molar-refractivity contribution in [2.75, 3.05) is 24.6 Å². The third kappa shape index (κ3) is 2.90. The lowest BCUT2D eigenvalue weighted by Crippen LogP contribution is -2.18. The Bertz CT molecular complexity index is 600. The molecule has 0 amide bonds. The smallest absolute Gasteiger partial charge is 0.142 e. The fourth-order valence-corrected chi connectivity index (χ4v) is 2.77. The second-order valence-corrected chi connectivity index (χ2v) is 5.23. The van der Waals surface area contributed by atoms with E-state index in [0.29, 0.717) is 12.4 Å². The van der Waals surface area contributed by atoms with Crippen molar-refractivity contribution in [3.05, 3.63) is 36.1 Å². The van der Waals surface area contributed by atoms with E-state index >= 15 is 0 Å². The molecule has 0 spiro atoms. The predicted octanol–water partition coefficient (Wildman–Crippen LogP) is 3.44. The SMILES string of the molecule is CCOc1ccc(-c2ccc(CO)o2)cc1N1CCCC1. The Morgan fingerprint density at radius 2 is 2.00 bits per heavy atom. The Morgan fingerprint density at radius 3 is 2.67 bits per heavy atom. The monoisotopic (exact) mass is 287 g/mol. The van der Waals surface area contributed by atoms with Crippen molar-refractivity contribution in [1.82, 2.24) is 0 Å². The van der Waals surface area contributed by atoms with E-state index in [-0.39, 0.29) is 6.61 Å². The van der Waals surface area contributed by atoms with E-state index in [0.717, 1.165) is 35.9 Å². The van der Waals surface area contributed by atoms with E-state index < -0.39 is 0 Å². The molecule has 0 radical (unpaired) electrons. The van der Waals surface area contributed by atoms with Crippen LogP contribution in [0.1, 0.15) is 25.5 Å². The molecule has 1 fully saturated rings. The molecular weight excluding hydrogens is 266 g/mol. The second-order valence-electron chi connectivity index (χ2n) is 5.23. The first-order chi connectivity index (χ1) is 10.3. The average Bonchev–Trinajstić information content (AvgIpc) is 3.19. The lowest BCUT2D eigenvalue weighted by atomic mass is 10.1. The van der Waals surface area contributed by atoms with Crippen LogP contribution in [0.2, 0.25) is 0 Å². The maximum atomic E-state index is 9.12. The number of benzene rings is 1. The number of ether oxygens (including phenoxy) is 1. The first kappa shape index (κ1) is 14.0. The second kappa shape index (κ2) is 6.22. The van der Waals surface area contributed by atoms with Gasteiger partial charge < -0.3 is 19.2 Å². The number of rotatable bonds is 5. The summed E-state index contributed by atoms with van der Waals surface area (Å²) < 4.78 is 11.4. The summed E-state index contributed by atoms with van der Waals surface area (Å²) in [6, 6.07) is 9.84. The van der Waals surface area contributed by atoms with Gasteiger partial charge in [-0.15, -0.1) is 0 Å². The van der Waals surface area contributed by atoms with E-state index in [2.05, 4.69) is 11.0 Å². The normalized spacial score (nSPS) is 14.7. The third-order valence-electron chi connectivity index (χ3n) is 3.81. The Balaban J connectivity index is 1.96. The third-order valence-corrected chi connectivity index (χ3v) is 3.81. The van der Waals surface area contributed by atoms with Crippen molar-refractivity contribution >= 4 is 5.69 Å². The molecule has 2 heterocycles. The molecule has 1 aliphatic rings. The molecule has 0 aliphatic carbocycles. The van der Waals surface area contributed by atoms with E-state index in [1.54, 1.807) is 6.07 Å². The van der Waals surface area contributed by atoms with Crippen molar-refractivity contribution in [1.29, 1.82) is 0 Å². The maximum Gasteiger partial charge on any atom is 0.142 e. The number of nitrogens with zero attached hydrogens (tertiary/aromatic N) is 1. The molecule has 0 atom stereocenters. The van der Waals surface area contributed by atoms with Crippen LogP contribution in [-0.4, -0.2) is 24.8 Å². The van der Waals surface area contributed by atoms with Crippen LogP contribution in [0.15, 0.2) is 34.7 Å². The quantitative estimate of drug-likeness (QED) is 0.915. The standard InChI is InChI=1S/C17H21NO3/c1-2-20-17-7-5-13(16-8-6-14(12-19)21-16)11-15(17)18-9-3-4-10-18/h5-8,11,19H,2-4,9-10,12H2,1H3. The zero-order valence-electron chi connectivity index (χ0n) is 12.3. The largest absolute Gasteiger partial charge is 0.492 e. The first-order valence-corrected chi connectivity index (χ1v) is 7.53. The van der Waals surface area contributed by atoms with Crippen LogP contribution in [0.4, 0.5) is 5.69 Å². The van der Waals surface area contributed by atoms with Gasteiger partial charge in [-0.1, -0.05) is 0 Å². The fraction of sp³-hybridized carbons (Fsp3) is 0.412. The maximum absolute atomic E-state index is 9.12. The first-order valence-electron chi connectivity index (χ1n) is 7.53. The molecule has 4 nitrogen and oxygen atoms in total. The van der Waals surface area contributed by atoms with Crippen LogP contribution in [-0.2, 0) is 6.61 Å². The van der Waals surface area contributed by atoms with Gasteiger partial charge in [-0.3, -0.25) is 0 Å². The number of hydrogen-bond donors (Lipinski definition) is 1. The minimum Gasteiger partial charge on any atom is -0.492 e. The highest BCUT2D eigenvalue weighted by Gasteiger charge is 2.18. The van der Waals surface area contributed by atoms with Gasteiger partial charge in [0, 0.05) is 18.7 Å². The van der Waals surface area contributed by atoms with Crippen LogP contribution in [0.25, 0.3) is 11.3 Å². The molecule has 112 valence electrons. The van der Waals surface area contributed by atoms with Crippen molar-refractivity contribution in [2.24, 2.45) is 0 Å². The average molecular weight is 287 g/mol. The highest BCUT2D eigenvalue weighted by atomic mass is 16.5. The highest BCUT2D eigenvalue weighted by Crippen LogP contribution is 2.35. The zero-order chi connectivity index (χ0) is 14.7. The molecule has 0 bridgehead atoms. The van der Waals surface area contributed by atoms with Gasteiger partial charge in [0.1, 0.15) is 23.9 Å². The Hall–Kier alpha value is -1.94. The molecule has 1 aromatic carbocycles. The summed E-state index contributed by atoms with van der Waals surface area (Å²) in [5.74, 6) is 2.29. The lowest BCUT2D eigenvalue weighted by Gasteiger charge is -2.21. The van der Waals surface area contributed by atoms with Crippen LogP contribution in [0, 0.1) is 0 Å². The highest BCUT2D eigenvalue weighted by molar-refractivity contribution is 5.70. The number of furan rings is 1. The van der Waals surface area contributed by atoms with Crippen LogP contribution in [0.5, 0.6) is 5.75 Å². The summed E-state index contributed by atoms with van der Waals surface area (Å²) in [4.78, 5) is 2.37. The Labute approximate surface area is 124 Å². The summed E-state index contributed by atoms with van der Waals surface area (Å²) in [6.07, 6.45) is 2.45. The summed E-state index contributed by atoms with van der Waals surface area (Å²) >= 11 is 0. The number of hydrogen-bond acceptors (Lipinski definition) is 4. The number of anilines is 1. The molecule has 1 aromatic heterocycles. The molecule has 4 heteroatoms. The fourth-order valence-electron chi connectivity index (χ4n) is 2.77. The van der Waals surface area contributed by atoms with E-state index in [1.165, 1.54) is 12.8 Å². The molecule has 0 unspecified atom stereocenters. The molecule has 1 aliphatic heterocycles. The van der Waals surface area contributed by atoms with E-state index in [1.807, 2.05) is 25.1 Å². The molecule has 0 saturated carbocycles. The van der Waals surface area contributed by atoms with Gasteiger partial charge in [0.15, 0.2) is 0 Å². The zero-order valence-corrected chi connectivity index (χ0v) is 12.3. The van der Waals surface area contributed by atoms with Gasteiger partial charge in [0.2, 0.25) is 0 Å². The summed E-state index contributed by atoms with van der Waals surface area (Å²) in [6.45, 7) is 4.74. The predicted molar refractivity (Wildman–Crippen MR) is 82.7 cm³/mol. The lowest BCUT2D eigenvalue weighted by molar-refractivity contribution is 0.248. The molecule has 3 rings (SSSR count). The molecule has 1 N–H and O–H groups in total. The molecule has 2 aromatic rings. The minimum absolute atomic E-state index is 0.0734. The topological polar surface area (TPSA) is 45.8 Å². The van der Waals surface area contributed by atoms with Crippen molar-refractivity contribution in [2.45, 2.75) is 26.4 Å². The number of aliphatic hydroxyl groups is 1. The van der Waals surface area contributed by atoms with Crippen LogP contribution < -0.4 is 9.64 Å². The summed E-state index contributed by atoms with van der Waals surface area (Å²) in [5, 5.41) is 9.12. The van der Waals surface area contributed by atoms with E-state index in [4.69, 9.17) is 14.3 Å². The Morgan fingerprint density at radius 1 is 1.19 bits per heavy atom. The molecule has 1 saturated heterocycles. The summed E-state index contributed by atoms with van der Waals surface area (Å²) in [7, 11) is 0. The van der Waals surface area contributed by atoms with Crippen molar-refractivity contribution in [3.8, 4) is 17.1 Å². The molecule has 21 heavy (non-hydrogen) atoms. The Kier molecular flexibility index (Phi) is 4.15. The van der Waals surface area contributed by atoms with Gasteiger partial charge in [-0.05, 0) is 50.1 Å². The van der Waals surface area contributed by atoms with Crippen LogP contribution in [0.3, 0.4) is 0 Å². The molecular formula is C17H21NO3. The van der Waals surface area contributed by atoms with E-state index in [9.17, 15) is 0 Å². The van der Waals surface area contributed by atoms with Gasteiger partial charge in [-0.2, -0.15) is 0 Å². The van der Waals surface area contributed by atoms with Gasteiger partial charge in [-0.25, -0.2) is 0 Å². The van der Waals surface area contributed by atoms with Crippen LogP contribution >= 0.6 is 0 Å². The van der Waals surface area contributed by atoms with Gasteiger partial charge in [0.25, 0.3) is 0 Å². The minimum atomic E-state index is -0.0734. The van der Waals surface area contributed by atoms with Gasteiger partial charge >= 0.3 is 0 Å².